The molecule has 1 heterocycles. The van der Waals surface area contributed by atoms with Gasteiger partial charge in [0.25, 0.3) is 0 Å². The second-order valence-electron chi connectivity index (χ2n) is 6.38. The predicted octanol–water partition coefficient (Wildman–Crippen LogP) is 6.84. The van der Waals surface area contributed by atoms with Gasteiger partial charge in [0.2, 0.25) is 0 Å². The van der Waals surface area contributed by atoms with Gasteiger partial charge in [-0.15, -0.1) is 0 Å². The van der Waals surface area contributed by atoms with Crippen LogP contribution < -0.4 is 5.32 Å². The summed E-state index contributed by atoms with van der Waals surface area (Å²) >= 11 is 12.7. The maximum Gasteiger partial charge on any atom is 0.416 e. The first-order valence-electron chi connectivity index (χ1n) is 7.95. The van der Waals surface area contributed by atoms with Crippen molar-refractivity contribution in [2.75, 3.05) is 5.32 Å². The van der Waals surface area contributed by atoms with Crippen LogP contribution in [-0.2, 0) is 6.18 Å². The minimum absolute atomic E-state index is 0.0352. The van der Waals surface area contributed by atoms with E-state index in [1.165, 1.54) is 6.07 Å². The predicted molar refractivity (Wildman–Crippen MR) is 94.3 cm³/mol. The van der Waals surface area contributed by atoms with E-state index >= 15 is 0 Å². The van der Waals surface area contributed by atoms with Gasteiger partial charge in [-0.1, -0.05) is 53.6 Å². The van der Waals surface area contributed by atoms with Crippen LogP contribution in [0.1, 0.15) is 35.1 Å². The zero-order chi connectivity index (χ0) is 17.8. The highest BCUT2D eigenvalue weighted by atomic mass is 35.5. The van der Waals surface area contributed by atoms with Crippen LogP contribution in [0.2, 0.25) is 10.0 Å². The minimum Gasteiger partial charge on any atom is -0.376 e. The number of nitrogens with one attached hydrogen (secondary N) is 1. The fourth-order valence-corrected chi connectivity index (χ4v) is 4.47. The van der Waals surface area contributed by atoms with Crippen LogP contribution in [0.5, 0.6) is 0 Å². The summed E-state index contributed by atoms with van der Waals surface area (Å²) in [5, 5.41) is 4.29. The van der Waals surface area contributed by atoms with Crippen molar-refractivity contribution >= 4 is 28.9 Å². The van der Waals surface area contributed by atoms with Crippen molar-refractivity contribution in [3.8, 4) is 0 Å². The molecule has 0 fully saturated rings. The Balaban J connectivity index is 1.88. The van der Waals surface area contributed by atoms with Crippen molar-refractivity contribution < 1.29 is 13.2 Å². The molecule has 130 valence electrons. The van der Waals surface area contributed by atoms with Crippen LogP contribution in [0, 0.1) is 5.92 Å². The number of benzene rings is 2. The number of allylic oxidation sites excluding steroid dienone is 2. The third kappa shape index (κ3) is 2.72. The summed E-state index contributed by atoms with van der Waals surface area (Å²) in [7, 11) is 0. The molecule has 1 nitrogen and oxygen atoms in total. The van der Waals surface area contributed by atoms with Crippen LogP contribution in [0.15, 0.2) is 48.6 Å². The molecule has 0 saturated carbocycles. The lowest BCUT2D eigenvalue weighted by Gasteiger charge is -2.39. The van der Waals surface area contributed by atoms with Gasteiger partial charge in [-0.25, -0.2) is 0 Å². The summed E-state index contributed by atoms with van der Waals surface area (Å²) in [5.41, 5.74) is 1.13. The standard InChI is InChI=1S/C19H14Cl2F3N/c20-14-8-9-15(21)18-16(14)10-5-3-6-11(10)17(25-18)12-4-1-2-7-13(12)19(22,23)24/h1-5,7-11,17,25H,6H2/t10-,11+,17+/m1/s1. The fraction of sp³-hybridized carbons (Fsp3) is 0.263. The largest absolute Gasteiger partial charge is 0.416 e. The number of hydrogen-bond acceptors (Lipinski definition) is 1. The second kappa shape index (κ2) is 5.96. The normalized spacial score (nSPS) is 24.6. The number of anilines is 1. The molecule has 2 aromatic rings. The van der Waals surface area contributed by atoms with Gasteiger partial charge in [0.1, 0.15) is 0 Å². The van der Waals surface area contributed by atoms with E-state index in [-0.39, 0.29) is 17.4 Å². The molecule has 1 aliphatic carbocycles. The molecule has 2 aromatic carbocycles. The molecule has 4 rings (SSSR count). The first-order valence-corrected chi connectivity index (χ1v) is 8.70. The molecule has 0 unspecified atom stereocenters. The summed E-state index contributed by atoms with van der Waals surface area (Å²) < 4.78 is 40.5. The molecule has 1 aliphatic heterocycles. The molecule has 3 atom stereocenters. The Bertz CT molecular complexity index is 860. The molecule has 0 amide bonds. The lowest BCUT2D eigenvalue weighted by molar-refractivity contribution is -0.138. The Morgan fingerprint density at radius 1 is 1.00 bits per heavy atom. The van der Waals surface area contributed by atoms with Crippen molar-refractivity contribution in [2.24, 2.45) is 5.92 Å². The molecule has 0 spiro atoms. The first kappa shape index (κ1) is 16.8. The molecule has 0 saturated heterocycles. The Labute approximate surface area is 153 Å². The lowest BCUT2D eigenvalue weighted by Crippen LogP contribution is -2.31. The molecule has 2 aliphatic rings. The monoisotopic (exact) mass is 383 g/mol. The molecule has 1 N–H and O–H groups in total. The van der Waals surface area contributed by atoms with Crippen molar-refractivity contribution in [3.63, 3.8) is 0 Å². The number of hydrogen-bond donors (Lipinski definition) is 1. The maximum atomic E-state index is 13.5. The zero-order valence-electron chi connectivity index (χ0n) is 12.9. The van der Waals surface area contributed by atoms with Gasteiger partial charge in [-0.05, 0) is 36.1 Å². The van der Waals surface area contributed by atoms with Gasteiger partial charge in [0, 0.05) is 16.5 Å². The molecular weight excluding hydrogens is 370 g/mol. The van der Waals surface area contributed by atoms with E-state index in [2.05, 4.69) is 5.32 Å². The van der Waals surface area contributed by atoms with E-state index in [4.69, 9.17) is 23.2 Å². The zero-order valence-corrected chi connectivity index (χ0v) is 14.5. The van der Waals surface area contributed by atoms with Crippen LogP contribution in [0.3, 0.4) is 0 Å². The molecule has 6 heteroatoms. The summed E-state index contributed by atoms with van der Waals surface area (Å²) in [6.07, 6.45) is 0.317. The van der Waals surface area contributed by atoms with Crippen molar-refractivity contribution in [1.29, 1.82) is 0 Å². The minimum atomic E-state index is -4.40. The SMILES string of the molecule is FC(F)(F)c1ccccc1[C@H]1Nc2c(Cl)ccc(Cl)c2[C@@H]2C=CC[C@H]12. The highest BCUT2D eigenvalue weighted by Gasteiger charge is 2.43. The second-order valence-corrected chi connectivity index (χ2v) is 7.19. The summed E-state index contributed by atoms with van der Waals surface area (Å²) in [6, 6.07) is 8.64. The van der Waals surface area contributed by atoms with Crippen LogP contribution in [0.4, 0.5) is 18.9 Å². The Hall–Kier alpha value is -1.65. The van der Waals surface area contributed by atoms with E-state index in [0.29, 0.717) is 22.2 Å². The third-order valence-electron chi connectivity index (χ3n) is 5.02. The van der Waals surface area contributed by atoms with E-state index in [9.17, 15) is 13.2 Å². The highest BCUT2D eigenvalue weighted by Crippen LogP contribution is 2.54. The number of fused-ring (bicyclic) bond motifs is 3. The quantitative estimate of drug-likeness (QED) is 0.531. The van der Waals surface area contributed by atoms with Crippen molar-refractivity contribution in [1.82, 2.24) is 0 Å². The van der Waals surface area contributed by atoms with Gasteiger partial charge >= 0.3 is 6.18 Å². The number of halogens is 5. The summed E-state index contributed by atoms with van der Waals surface area (Å²) in [5.74, 6) is -0.0827. The third-order valence-corrected chi connectivity index (χ3v) is 5.66. The van der Waals surface area contributed by atoms with Crippen molar-refractivity contribution in [3.05, 3.63) is 75.3 Å². The topological polar surface area (TPSA) is 12.0 Å². The number of rotatable bonds is 1. The molecular formula is C19H14Cl2F3N. The van der Waals surface area contributed by atoms with Crippen LogP contribution in [-0.4, -0.2) is 0 Å². The Morgan fingerprint density at radius 3 is 2.48 bits per heavy atom. The maximum absolute atomic E-state index is 13.5. The highest BCUT2D eigenvalue weighted by molar-refractivity contribution is 6.36. The van der Waals surface area contributed by atoms with Crippen LogP contribution >= 0.6 is 23.2 Å². The van der Waals surface area contributed by atoms with Gasteiger partial charge in [0.15, 0.2) is 0 Å². The van der Waals surface area contributed by atoms with E-state index < -0.39 is 17.8 Å². The number of alkyl halides is 3. The average molecular weight is 384 g/mol. The average Bonchev–Trinajstić information content (AvgIpc) is 3.06. The van der Waals surface area contributed by atoms with Gasteiger partial charge < -0.3 is 5.32 Å². The molecule has 0 aromatic heterocycles. The van der Waals surface area contributed by atoms with Crippen molar-refractivity contribution in [2.45, 2.75) is 24.6 Å². The smallest absolute Gasteiger partial charge is 0.376 e. The molecule has 25 heavy (non-hydrogen) atoms. The fourth-order valence-electron chi connectivity index (χ4n) is 3.96. The Morgan fingerprint density at radius 2 is 1.72 bits per heavy atom. The van der Waals surface area contributed by atoms with E-state index in [0.717, 1.165) is 11.6 Å². The van der Waals surface area contributed by atoms with Gasteiger partial charge in [0.05, 0.1) is 22.3 Å². The Kier molecular flexibility index (Phi) is 4.00. The van der Waals surface area contributed by atoms with Crippen LogP contribution in [0.25, 0.3) is 0 Å². The van der Waals surface area contributed by atoms with E-state index in [1.807, 2.05) is 12.2 Å². The summed E-state index contributed by atoms with van der Waals surface area (Å²) in [6.45, 7) is 0. The van der Waals surface area contributed by atoms with E-state index in [1.54, 1.807) is 24.3 Å². The first-order chi connectivity index (χ1) is 11.9. The van der Waals surface area contributed by atoms with Gasteiger partial charge in [-0.2, -0.15) is 13.2 Å². The van der Waals surface area contributed by atoms with Gasteiger partial charge in [-0.3, -0.25) is 0 Å². The molecule has 0 radical (unpaired) electrons. The summed E-state index contributed by atoms with van der Waals surface area (Å²) in [4.78, 5) is 0. The lowest BCUT2D eigenvalue weighted by atomic mass is 9.76. The molecule has 0 bridgehead atoms.